The van der Waals surface area contributed by atoms with E-state index < -0.39 is 0 Å². The predicted molar refractivity (Wildman–Crippen MR) is 134 cm³/mol. The van der Waals surface area contributed by atoms with E-state index in [1.54, 1.807) is 14.2 Å². The van der Waals surface area contributed by atoms with Crippen molar-refractivity contribution in [3.63, 3.8) is 0 Å². The number of nitrogens with one attached hydrogen (secondary N) is 1. The summed E-state index contributed by atoms with van der Waals surface area (Å²) in [6.45, 7) is 6.96. The van der Waals surface area contributed by atoms with Gasteiger partial charge in [-0.2, -0.15) is 0 Å². The molecular weight excluding hydrogens is 446 g/mol. The van der Waals surface area contributed by atoms with E-state index in [9.17, 15) is 0 Å². The summed E-state index contributed by atoms with van der Waals surface area (Å²) in [4.78, 5) is 17.0. The van der Waals surface area contributed by atoms with E-state index >= 15 is 0 Å². The number of ether oxygens (including phenoxy) is 3. The molecule has 0 radical (unpaired) electrons. The molecule has 0 aliphatic carbocycles. The van der Waals surface area contributed by atoms with Crippen LogP contribution >= 0.6 is 0 Å². The lowest BCUT2D eigenvalue weighted by molar-refractivity contribution is 0.0334. The van der Waals surface area contributed by atoms with Crippen molar-refractivity contribution in [2.24, 2.45) is 4.99 Å². The van der Waals surface area contributed by atoms with Gasteiger partial charge in [0.1, 0.15) is 17.7 Å². The number of benzene rings is 2. The molecule has 0 spiro atoms. The van der Waals surface area contributed by atoms with Crippen molar-refractivity contribution in [2.75, 3.05) is 71.8 Å². The average molecular weight is 478 g/mol. The number of morpholine rings is 1. The molecule has 1 N–H and O–H groups in total. The molecule has 1 saturated heterocycles. The molecule has 1 atom stereocenters. The molecule has 35 heavy (non-hydrogen) atoms. The number of para-hydroxylation sites is 2. The van der Waals surface area contributed by atoms with Crippen molar-refractivity contribution in [1.29, 1.82) is 0 Å². The monoisotopic (exact) mass is 477 g/mol. The normalized spacial score (nSPS) is 20.7. The fourth-order valence-electron chi connectivity index (χ4n) is 5.02. The van der Waals surface area contributed by atoms with Gasteiger partial charge in [-0.25, -0.2) is 9.98 Å². The van der Waals surface area contributed by atoms with Gasteiger partial charge in [0.05, 0.1) is 51.8 Å². The summed E-state index contributed by atoms with van der Waals surface area (Å²) in [5, 5.41) is 3.67. The topological polar surface area (TPSA) is 79.6 Å². The second kappa shape index (κ2) is 9.37. The molecule has 3 aliphatic heterocycles. The molecule has 184 valence electrons. The quantitative estimate of drug-likeness (QED) is 0.577. The first kappa shape index (κ1) is 22.1. The fourth-order valence-corrected chi connectivity index (χ4v) is 5.02. The van der Waals surface area contributed by atoms with Crippen molar-refractivity contribution < 1.29 is 14.2 Å². The maximum Gasteiger partial charge on any atom is 0.216 e. The molecule has 1 unspecified atom stereocenters. The van der Waals surface area contributed by atoms with Crippen LogP contribution in [-0.2, 0) is 4.74 Å². The van der Waals surface area contributed by atoms with E-state index in [0.717, 1.165) is 86.1 Å². The van der Waals surface area contributed by atoms with E-state index in [4.69, 9.17) is 24.2 Å². The van der Waals surface area contributed by atoms with E-state index in [-0.39, 0.29) is 6.17 Å². The summed E-state index contributed by atoms with van der Waals surface area (Å²) in [5.74, 6) is 3.22. The zero-order valence-corrected chi connectivity index (χ0v) is 20.2. The van der Waals surface area contributed by atoms with Crippen LogP contribution in [0.15, 0.2) is 47.5 Å². The Labute approximate surface area is 204 Å². The maximum absolute atomic E-state index is 5.76. The molecule has 0 bridgehead atoms. The minimum atomic E-state index is -0.215. The number of anilines is 1. The number of fused-ring (bicyclic) bond motifs is 5. The molecule has 1 aromatic heterocycles. The van der Waals surface area contributed by atoms with Gasteiger partial charge in [0, 0.05) is 37.8 Å². The Kier molecular flexibility index (Phi) is 5.93. The van der Waals surface area contributed by atoms with Crippen molar-refractivity contribution in [3.8, 4) is 11.5 Å². The first-order valence-corrected chi connectivity index (χ1v) is 12.0. The van der Waals surface area contributed by atoms with Crippen molar-refractivity contribution in [1.82, 2.24) is 24.7 Å². The highest BCUT2D eigenvalue weighted by atomic mass is 16.5. The summed E-state index contributed by atoms with van der Waals surface area (Å²) in [6, 6.07) is 14.2. The average Bonchev–Trinajstić information content (AvgIpc) is 3.32. The lowest BCUT2D eigenvalue weighted by Crippen LogP contribution is -2.58. The molecule has 4 heterocycles. The first-order valence-electron chi connectivity index (χ1n) is 12.0. The van der Waals surface area contributed by atoms with Gasteiger partial charge < -0.3 is 19.5 Å². The van der Waals surface area contributed by atoms with Crippen molar-refractivity contribution in [2.45, 2.75) is 6.17 Å². The van der Waals surface area contributed by atoms with Gasteiger partial charge in [0.15, 0.2) is 0 Å². The number of methoxy groups -OCH3 is 2. The van der Waals surface area contributed by atoms with Gasteiger partial charge in [-0.1, -0.05) is 12.1 Å². The Morgan fingerprint density at radius 2 is 1.86 bits per heavy atom. The van der Waals surface area contributed by atoms with Crippen LogP contribution < -0.4 is 19.7 Å². The molecule has 0 saturated carbocycles. The summed E-state index contributed by atoms with van der Waals surface area (Å²) in [7, 11) is 3.35. The number of aromatic nitrogens is 2. The van der Waals surface area contributed by atoms with Gasteiger partial charge in [-0.3, -0.25) is 19.3 Å². The Morgan fingerprint density at radius 1 is 1.03 bits per heavy atom. The second-order valence-electron chi connectivity index (χ2n) is 8.97. The van der Waals surface area contributed by atoms with E-state index in [1.165, 1.54) is 0 Å². The summed E-state index contributed by atoms with van der Waals surface area (Å²) >= 11 is 0. The van der Waals surface area contributed by atoms with Crippen LogP contribution in [0.3, 0.4) is 0 Å². The van der Waals surface area contributed by atoms with E-state index in [0.29, 0.717) is 6.67 Å². The van der Waals surface area contributed by atoms with Crippen LogP contribution in [0.5, 0.6) is 11.5 Å². The standard InChI is InChI=1S/C25H31N7O3/c1-33-18-7-8-19(22(15-18)34-2)23-28-24-26-16-30(10-9-29-11-13-35-14-12-29)17-31(24)25-27-20-5-3-4-6-21(20)32(23)25/h3-8,15,23H,9-14,16-17H2,1-2H3,(H,26,28). The zero-order chi connectivity index (χ0) is 23.8. The summed E-state index contributed by atoms with van der Waals surface area (Å²) in [5.41, 5.74) is 3.01. The molecule has 6 rings (SSSR count). The molecular formula is C25H31N7O3. The molecule has 1 fully saturated rings. The number of rotatable bonds is 6. The van der Waals surface area contributed by atoms with Gasteiger partial charge in [-0.15, -0.1) is 0 Å². The third-order valence-corrected chi connectivity index (χ3v) is 6.93. The zero-order valence-electron chi connectivity index (χ0n) is 20.2. The Morgan fingerprint density at radius 3 is 2.69 bits per heavy atom. The van der Waals surface area contributed by atoms with Crippen LogP contribution in [0.4, 0.5) is 5.95 Å². The Bertz CT molecular complexity index is 1240. The van der Waals surface area contributed by atoms with Gasteiger partial charge in [0.2, 0.25) is 11.9 Å². The van der Waals surface area contributed by atoms with Crippen LogP contribution in [0.1, 0.15) is 11.7 Å². The highest BCUT2D eigenvalue weighted by molar-refractivity contribution is 5.99. The highest BCUT2D eigenvalue weighted by Gasteiger charge is 2.37. The minimum absolute atomic E-state index is 0.215. The maximum atomic E-state index is 5.76. The van der Waals surface area contributed by atoms with Crippen LogP contribution in [-0.4, -0.2) is 92.3 Å². The third kappa shape index (κ3) is 4.07. The van der Waals surface area contributed by atoms with Crippen molar-refractivity contribution >= 4 is 22.9 Å². The van der Waals surface area contributed by atoms with E-state index in [1.807, 2.05) is 30.3 Å². The van der Waals surface area contributed by atoms with Crippen LogP contribution in [0.25, 0.3) is 11.0 Å². The fraction of sp³-hybridized carbons (Fsp3) is 0.440. The van der Waals surface area contributed by atoms with Gasteiger partial charge >= 0.3 is 0 Å². The predicted octanol–water partition coefficient (Wildman–Crippen LogP) is 1.93. The second-order valence-corrected chi connectivity index (χ2v) is 8.97. The summed E-state index contributed by atoms with van der Waals surface area (Å²) < 4.78 is 18.9. The summed E-state index contributed by atoms with van der Waals surface area (Å²) in [6.07, 6.45) is -0.215. The molecule has 10 heteroatoms. The Hall–Kier alpha value is -3.34. The lowest BCUT2D eigenvalue weighted by atomic mass is 10.1. The molecule has 10 nitrogen and oxygen atoms in total. The molecule has 3 aromatic rings. The number of hydrogen-bond acceptors (Lipinski definition) is 9. The minimum Gasteiger partial charge on any atom is -0.497 e. The lowest BCUT2D eigenvalue weighted by Gasteiger charge is -2.42. The molecule has 0 amide bonds. The Balaban J connectivity index is 1.35. The third-order valence-electron chi connectivity index (χ3n) is 6.93. The number of imidazole rings is 1. The first-order chi connectivity index (χ1) is 17.2. The number of aliphatic imine (C=N–C) groups is 1. The van der Waals surface area contributed by atoms with Crippen molar-refractivity contribution in [3.05, 3.63) is 48.0 Å². The molecule has 3 aliphatic rings. The SMILES string of the molecule is COc1ccc(C2NC3=NCN(CCN4CCOCC4)CN3c3nc4ccccc4n32)c(OC)c1. The molecule has 2 aromatic carbocycles. The number of nitrogens with zero attached hydrogens (tertiary/aromatic N) is 6. The largest absolute Gasteiger partial charge is 0.497 e. The smallest absolute Gasteiger partial charge is 0.216 e. The highest BCUT2D eigenvalue weighted by Crippen LogP contribution is 2.38. The van der Waals surface area contributed by atoms with Gasteiger partial charge in [-0.05, 0) is 24.3 Å². The van der Waals surface area contributed by atoms with Gasteiger partial charge in [0.25, 0.3) is 0 Å². The number of hydrogen-bond donors (Lipinski definition) is 1. The van der Waals surface area contributed by atoms with E-state index in [2.05, 4.69) is 36.7 Å². The van der Waals surface area contributed by atoms with Crippen LogP contribution in [0.2, 0.25) is 0 Å². The number of guanidine groups is 1. The van der Waals surface area contributed by atoms with Crippen LogP contribution in [0, 0.1) is 0 Å².